The van der Waals surface area contributed by atoms with Crippen LogP contribution in [0.2, 0.25) is 44.4 Å². The van der Waals surface area contributed by atoms with Crippen molar-refractivity contribution in [3.8, 4) is 0 Å². The second-order valence-corrected chi connectivity index (χ2v) is 91.7. The predicted molar refractivity (Wildman–Crippen MR) is 435 cm³/mol. The van der Waals surface area contributed by atoms with Crippen molar-refractivity contribution >= 4 is 81.2 Å². The molecule has 514 valence electrons. The average Bonchev–Trinajstić information content (AvgIpc) is 1.52. The van der Waals surface area contributed by atoms with Gasteiger partial charge < -0.3 is 0 Å². The van der Waals surface area contributed by atoms with Crippen molar-refractivity contribution in [1.82, 2.24) is 0 Å². The molecular weight excluding hydrogens is 1530 g/mol. The summed E-state index contributed by atoms with van der Waals surface area (Å²) in [7, 11) is 17.9. The first kappa shape index (κ1) is 71.7. The number of hydrogen-bond donors (Lipinski definition) is 0. The van der Waals surface area contributed by atoms with E-state index >= 15 is 0 Å². The van der Waals surface area contributed by atoms with E-state index in [0.29, 0.717) is 0 Å². The molecule has 10 aliphatic rings. The summed E-state index contributed by atoms with van der Waals surface area (Å²) in [5.41, 5.74) is 29.3. The molecule has 4 aromatic carbocycles. The molecule has 0 aromatic heterocycles. The van der Waals surface area contributed by atoms with Crippen LogP contribution < -0.4 is 0 Å². The predicted octanol–water partition coefficient (Wildman–Crippen LogP) is 27.8. The van der Waals surface area contributed by atoms with E-state index in [4.69, 9.17) is 46.4 Å². The topological polar surface area (TPSA) is 0 Å². The fourth-order valence-electron chi connectivity index (χ4n) is 25.5. The molecule has 8 aliphatic carbocycles. The first-order valence-corrected chi connectivity index (χ1v) is 58.4. The zero-order chi connectivity index (χ0) is 71.8. The van der Waals surface area contributed by atoms with E-state index in [0.717, 1.165) is 20.1 Å². The van der Waals surface area contributed by atoms with Gasteiger partial charge in [-0.1, -0.05) is 0 Å². The van der Waals surface area contributed by atoms with E-state index in [1.165, 1.54) is 134 Å². The summed E-state index contributed by atoms with van der Waals surface area (Å²) in [6.45, 7) is 51.7. The molecule has 0 amide bonds. The molecule has 0 radical (unpaired) electrons. The molecule has 2 heterocycles. The molecule has 4 aromatic rings. The van der Waals surface area contributed by atoms with Gasteiger partial charge in [-0.2, -0.15) is 0 Å². The quantitative estimate of drug-likeness (QED) is 0.179. The summed E-state index contributed by atoms with van der Waals surface area (Å²) in [4.78, 5) is 0. The minimum absolute atomic E-state index is 0.154. The van der Waals surface area contributed by atoms with Gasteiger partial charge in [0.2, 0.25) is 0 Å². The number of allylic oxidation sites excluding steroid dienone is 32. The number of fused-ring (bicyclic) bond motifs is 8. The molecule has 0 bridgehead atoms. The van der Waals surface area contributed by atoms with Gasteiger partial charge in [0, 0.05) is 0 Å². The van der Waals surface area contributed by atoms with Crippen molar-refractivity contribution in [2.45, 2.75) is 208 Å². The molecule has 8 unspecified atom stereocenters. The van der Waals surface area contributed by atoms with Crippen LogP contribution in [0.4, 0.5) is 0 Å². The molecule has 5 spiro atoms. The number of rotatable bonds is 4. The summed E-state index contributed by atoms with van der Waals surface area (Å²) in [6, 6.07) is 18.8. The molecule has 2 saturated heterocycles. The Morgan fingerprint density at radius 2 is 0.505 bits per heavy atom. The van der Waals surface area contributed by atoms with E-state index in [1.807, 2.05) is 0 Å². The van der Waals surface area contributed by atoms with Crippen LogP contribution in [0.25, 0.3) is 0 Å². The third-order valence-corrected chi connectivity index (χ3v) is 145. The zero-order valence-electron chi connectivity index (χ0n) is 62.4. The monoisotopic (exact) mass is 1630 g/mol. The van der Waals surface area contributed by atoms with E-state index < -0.39 is 43.4 Å². The molecule has 2 fully saturated rings. The molecule has 0 saturated carbocycles. The Morgan fingerprint density at radius 3 is 0.677 bits per heavy atom. The van der Waals surface area contributed by atoms with E-state index in [2.05, 4.69) is 322 Å². The van der Waals surface area contributed by atoms with Crippen LogP contribution in [-0.4, -0.2) is 17.6 Å². The molecule has 8 atom stereocenters. The molecule has 0 N–H and O–H groups in total. The van der Waals surface area contributed by atoms with Crippen LogP contribution in [0, 0.1) is 27.7 Å². The fourth-order valence-corrected chi connectivity index (χ4v) is 199. The average molecular weight is 1630 g/mol. The van der Waals surface area contributed by atoms with Crippen LogP contribution in [0.5, 0.6) is 0 Å². The number of halogens is 6. The SMILES string of the molecule is CC1=CC2=C(C=CC=CC2c2cc(C)c(C(C)(C)C)c(Cl)c2)[C]12[SiH](C)[C]1(C(C)=CC3=C1C=CC=CC3c1cc(C)c(C(C)(C)C)c(Cl)c1)[Hf]21([Cl])([Cl])[C]2(C(C)=CC3=C2C=CC=CC3c2cc(C)c(C(C)(C)C)c(Cl)c2)[SiH](C)[C]12C(C)=CC1=C2C=CC=CC1c1cc(C)c(C(C)(C)C)c(Cl)c1. The van der Waals surface area contributed by atoms with Gasteiger partial charge in [-0.05, 0) is 0 Å². The van der Waals surface area contributed by atoms with Gasteiger partial charge in [-0.15, -0.1) is 0 Å². The van der Waals surface area contributed by atoms with Crippen molar-refractivity contribution in [1.29, 1.82) is 0 Å². The number of aryl methyl sites for hydroxylation is 4. The summed E-state index contributed by atoms with van der Waals surface area (Å²) in [6.07, 6.45) is 48.9. The fraction of sp³-hybridized carbons (Fsp3) is 0.378. The van der Waals surface area contributed by atoms with Gasteiger partial charge in [0.25, 0.3) is 0 Å². The molecule has 2 aliphatic heterocycles. The molecule has 99 heavy (non-hydrogen) atoms. The van der Waals surface area contributed by atoms with Gasteiger partial charge in [-0.25, -0.2) is 0 Å². The Labute approximate surface area is 621 Å². The van der Waals surface area contributed by atoms with Crippen LogP contribution in [-0.2, 0) is 36.3 Å². The maximum atomic E-state index is 11.6. The Bertz CT molecular complexity index is 4230. The Balaban J connectivity index is 1.19. The van der Waals surface area contributed by atoms with Crippen LogP contribution in [0.15, 0.2) is 237 Å². The third-order valence-electron chi connectivity index (χ3n) is 26.8. The summed E-state index contributed by atoms with van der Waals surface area (Å²) < 4.78 is -3.23. The molecule has 9 heteroatoms. The number of benzene rings is 4. The van der Waals surface area contributed by atoms with Gasteiger partial charge >= 0.3 is 628 Å². The third kappa shape index (κ3) is 8.34. The van der Waals surface area contributed by atoms with Crippen LogP contribution in [0.3, 0.4) is 0 Å². The first-order valence-electron chi connectivity index (χ1n) is 36.2. The minimum atomic E-state index is -8.02. The standard InChI is InChI=1S/2C45H50Cl2Si.2ClH.Hf/c2*1-26-20-30(24-38(46)40(26)44(5,6)7)32-16-12-14-18-34-36(32)22-28(3)42(34)48(11)43-29(4)23-37-33(17-13-15-19-35(37)43)31-21-27(2)41(39(47)25-31)45(8,9)10;;;/h2*12-25,32-33,48H,1-11H3;2*1H;/q;;;;+2/p-2. The van der Waals surface area contributed by atoms with Crippen molar-refractivity contribution in [2.75, 3.05) is 0 Å². The van der Waals surface area contributed by atoms with Gasteiger partial charge in [0.15, 0.2) is 0 Å². The van der Waals surface area contributed by atoms with Crippen LogP contribution >= 0.6 is 63.6 Å². The Morgan fingerprint density at radius 1 is 0.313 bits per heavy atom. The van der Waals surface area contributed by atoms with Crippen molar-refractivity contribution < 1.29 is 14.7 Å². The van der Waals surface area contributed by atoms with Crippen molar-refractivity contribution in [3.05, 3.63) is 324 Å². The number of hydrogen-bond acceptors (Lipinski definition) is 0. The maximum absolute atomic E-state index is 11.6. The first-order chi connectivity index (χ1) is 46.1. The van der Waals surface area contributed by atoms with Gasteiger partial charge in [0.1, 0.15) is 0 Å². The Kier molecular flexibility index (Phi) is 16.4. The summed E-state index contributed by atoms with van der Waals surface area (Å²) in [5, 5.41) is 3.21. The zero-order valence-corrected chi connectivity index (χ0v) is 72.8. The van der Waals surface area contributed by atoms with Gasteiger partial charge in [0.05, 0.1) is 0 Å². The summed E-state index contributed by atoms with van der Waals surface area (Å²) in [5.74, 6) is -0.614. The van der Waals surface area contributed by atoms with Crippen molar-refractivity contribution in [3.63, 3.8) is 0 Å². The molecular formula is C90H100Cl6HfSi2. The second kappa shape index (κ2) is 22.6. The van der Waals surface area contributed by atoms with E-state index in [-0.39, 0.29) is 45.3 Å². The van der Waals surface area contributed by atoms with Gasteiger partial charge in [-0.3, -0.25) is 0 Å². The van der Waals surface area contributed by atoms with E-state index in [9.17, 15) is 17.2 Å². The normalized spacial score (nSPS) is 31.2. The molecule has 14 rings (SSSR count). The van der Waals surface area contributed by atoms with E-state index in [1.54, 1.807) is 0 Å². The van der Waals surface area contributed by atoms with Crippen LogP contribution in [0.1, 0.15) is 201 Å². The van der Waals surface area contributed by atoms with Crippen molar-refractivity contribution in [2.24, 2.45) is 0 Å². The Hall–Kier alpha value is -4.24. The molecule has 0 nitrogen and oxygen atoms in total. The second-order valence-electron chi connectivity index (χ2n) is 35.7. The summed E-state index contributed by atoms with van der Waals surface area (Å²) >= 11 is 22.6.